The Kier molecular flexibility index (Phi) is 3.76. The fourth-order valence-electron chi connectivity index (χ4n) is 3.78. The van der Waals surface area contributed by atoms with Crippen molar-refractivity contribution in [3.63, 3.8) is 0 Å². The first-order chi connectivity index (χ1) is 15.3. The Hall–Kier alpha value is -4.59. The zero-order chi connectivity index (χ0) is 20.8. The lowest BCUT2D eigenvalue weighted by atomic mass is 10.1. The average Bonchev–Trinajstić information content (AvgIpc) is 3.43. The molecule has 6 aromatic heterocycles. The van der Waals surface area contributed by atoms with Gasteiger partial charge in [-0.1, -0.05) is 6.07 Å². The molecular weight excluding hydrogens is 390 g/mol. The van der Waals surface area contributed by atoms with E-state index in [-0.39, 0.29) is 5.75 Å². The summed E-state index contributed by atoms with van der Waals surface area (Å²) in [4.78, 5) is 20.6. The molecule has 8 heteroatoms. The number of rotatable bonds is 3. The van der Waals surface area contributed by atoms with Crippen LogP contribution in [0.3, 0.4) is 0 Å². The molecule has 0 aliphatic carbocycles. The lowest BCUT2D eigenvalue weighted by Crippen LogP contribution is -1.85. The van der Waals surface area contributed by atoms with E-state index in [1.54, 1.807) is 30.9 Å². The fraction of sp³-hybridized carbons (Fsp3) is 0. The molecule has 8 nitrogen and oxygen atoms in total. The maximum absolute atomic E-state index is 9.76. The van der Waals surface area contributed by atoms with Gasteiger partial charge in [0.2, 0.25) is 0 Å². The van der Waals surface area contributed by atoms with E-state index in [4.69, 9.17) is 0 Å². The van der Waals surface area contributed by atoms with Crippen LogP contribution in [0.4, 0.5) is 0 Å². The van der Waals surface area contributed by atoms with E-state index in [9.17, 15) is 5.11 Å². The van der Waals surface area contributed by atoms with Crippen LogP contribution in [-0.4, -0.2) is 40.2 Å². The van der Waals surface area contributed by atoms with Crippen molar-refractivity contribution in [3.05, 3.63) is 73.6 Å². The third kappa shape index (κ3) is 2.89. The van der Waals surface area contributed by atoms with E-state index in [0.29, 0.717) is 5.69 Å². The molecule has 0 aromatic carbocycles. The van der Waals surface area contributed by atoms with Crippen LogP contribution in [-0.2, 0) is 0 Å². The number of H-pyrrole nitrogens is 2. The first kappa shape index (κ1) is 17.3. The number of pyridine rings is 4. The van der Waals surface area contributed by atoms with E-state index < -0.39 is 0 Å². The van der Waals surface area contributed by atoms with Gasteiger partial charge in [0.15, 0.2) is 0 Å². The van der Waals surface area contributed by atoms with Crippen molar-refractivity contribution in [1.29, 1.82) is 0 Å². The van der Waals surface area contributed by atoms with Gasteiger partial charge < -0.3 is 10.1 Å². The summed E-state index contributed by atoms with van der Waals surface area (Å²) in [5.74, 6) is 0.0939. The molecular formula is C23H15N7O. The van der Waals surface area contributed by atoms with Crippen LogP contribution in [0.5, 0.6) is 5.75 Å². The second-order valence-electron chi connectivity index (χ2n) is 7.16. The Bertz CT molecular complexity index is 1550. The van der Waals surface area contributed by atoms with Crippen molar-refractivity contribution >= 4 is 21.9 Å². The lowest BCUT2D eigenvalue weighted by molar-refractivity contribution is 0.473. The van der Waals surface area contributed by atoms with Gasteiger partial charge in [-0.2, -0.15) is 5.10 Å². The van der Waals surface area contributed by atoms with Gasteiger partial charge in [-0.25, -0.2) is 4.98 Å². The predicted molar refractivity (Wildman–Crippen MR) is 117 cm³/mol. The van der Waals surface area contributed by atoms with Crippen molar-refractivity contribution < 1.29 is 5.11 Å². The number of fused-ring (bicyclic) bond motifs is 2. The van der Waals surface area contributed by atoms with E-state index >= 15 is 0 Å². The van der Waals surface area contributed by atoms with Crippen LogP contribution in [0, 0.1) is 0 Å². The molecule has 0 fully saturated rings. The Labute approximate surface area is 175 Å². The minimum Gasteiger partial charge on any atom is -0.506 e. The van der Waals surface area contributed by atoms with Gasteiger partial charge in [0.1, 0.15) is 17.1 Å². The van der Waals surface area contributed by atoms with E-state index in [2.05, 4.69) is 41.2 Å². The molecule has 148 valence electrons. The van der Waals surface area contributed by atoms with E-state index in [0.717, 1.165) is 50.0 Å². The van der Waals surface area contributed by atoms with E-state index in [1.165, 1.54) is 6.20 Å². The van der Waals surface area contributed by atoms with Crippen LogP contribution in [0.2, 0.25) is 0 Å². The second kappa shape index (κ2) is 6.74. The number of aromatic amines is 2. The highest BCUT2D eigenvalue weighted by atomic mass is 16.3. The van der Waals surface area contributed by atoms with Crippen LogP contribution in [0.25, 0.3) is 55.7 Å². The number of hydrogen-bond acceptors (Lipinski definition) is 6. The maximum atomic E-state index is 9.76. The van der Waals surface area contributed by atoms with Crippen LogP contribution in [0.1, 0.15) is 0 Å². The second-order valence-corrected chi connectivity index (χ2v) is 7.16. The normalized spacial score (nSPS) is 11.4. The molecule has 0 unspecified atom stereocenters. The summed E-state index contributed by atoms with van der Waals surface area (Å²) in [5, 5.41) is 19.2. The SMILES string of the molecule is Oc1cncc(-c2cc3c(-c4cc5c(-c6cccnc6)ccnc5[nH]4)n[nH]c3cn2)c1. The molecule has 0 spiro atoms. The minimum atomic E-state index is 0.0939. The molecule has 0 amide bonds. The number of aromatic nitrogens is 7. The van der Waals surface area contributed by atoms with Crippen molar-refractivity contribution in [2.45, 2.75) is 0 Å². The molecule has 0 aliphatic heterocycles. The number of nitrogens with one attached hydrogen (secondary N) is 2. The van der Waals surface area contributed by atoms with Crippen molar-refractivity contribution in [1.82, 2.24) is 35.1 Å². The summed E-state index contributed by atoms with van der Waals surface area (Å²) >= 11 is 0. The number of aromatic hydroxyl groups is 1. The smallest absolute Gasteiger partial charge is 0.138 e. The third-order valence-electron chi connectivity index (χ3n) is 5.23. The Morgan fingerprint density at radius 1 is 0.806 bits per heavy atom. The standard InChI is InChI=1S/C23H15N7O/c31-15-6-14(10-25-11-15)19-8-18-21(12-27-19)29-30-22(18)20-7-17-16(3-5-26-23(17)28-20)13-2-1-4-24-9-13/h1-12,31H,(H,26,28)(H,29,30). The molecule has 0 aliphatic rings. The monoisotopic (exact) mass is 405 g/mol. The first-order valence-corrected chi connectivity index (χ1v) is 9.63. The number of nitrogens with zero attached hydrogens (tertiary/aromatic N) is 5. The molecule has 6 heterocycles. The van der Waals surface area contributed by atoms with Crippen molar-refractivity contribution in [3.8, 4) is 39.5 Å². The average molecular weight is 405 g/mol. The molecule has 0 radical (unpaired) electrons. The van der Waals surface area contributed by atoms with Gasteiger partial charge in [0.25, 0.3) is 0 Å². The predicted octanol–water partition coefficient (Wildman–Crippen LogP) is 4.33. The molecule has 0 saturated heterocycles. The summed E-state index contributed by atoms with van der Waals surface area (Å²) in [6, 6.07) is 11.5. The quantitative estimate of drug-likeness (QED) is 0.403. The van der Waals surface area contributed by atoms with Gasteiger partial charge in [0, 0.05) is 46.7 Å². The summed E-state index contributed by atoms with van der Waals surface area (Å²) in [7, 11) is 0. The van der Waals surface area contributed by atoms with Crippen molar-refractivity contribution in [2.24, 2.45) is 0 Å². The minimum absolute atomic E-state index is 0.0939. The zero-order valence-corrected chi connectivity index (χ0v) is 16.1. The van der Waals surface area contributed by atoms with Gasteiger partial charge >= 0.3 is 0 Å². The van der Waals surface area contributed by atoms with Gasteiger partial charge in [-0.15, -0.1) is 0 Å². The zero-order valence-electron chi connectivity index (χ0n) is 16.1. The molecule has 31 heavy (non-hydrogen) atoms. The molecule has 0 bridgehead atoms. The van der Waals surface area contributed by atoms with Crippen molar-refractivity contribution in [2.75, 3.05) is 0 Å². The number of hydrogen-bond donors (Lipinski definition) is 3. The van der Waals surface area contributed by atoms with Gasteiger partial charge in [-0.05, 0) is 35.9 Å². The molecule has 0 saturated carbocycles. The van der Waals surface area contributed by atoms with Crippen LogP contribution >= 0.6 is 0 Å². The molecule has 6 aromatic rings. The fourth-order valence-corrected chi connectivity index (χ4v) is 3.78. The highest BCUT2D eigenvalue weighted by Crippen LogP contribution is 2.34. The maximum Gasteiger partial charge on any atom is 0.138 e. The van der Waals surface area contributed by atoms with Crippen LogP contribution < -0.4 is 0 Å². The van der Waals surface area contributed by atoms with Gasteiger partial charge in [-0.3, -0.25) is 20.1 Å². The van der Waals surface area contributed by atoms with E-state index in [1.807, 2.05) is 30.5 Å². The first-order valence-electron chi connectivity index (χ1n) is 9.63. The Morgan fingerprint density at radius 2 is 1.74 bits per heavy atom. The summed E-state index contributed by atoms with van der Waals surface area (Å²) in [6.07, 6.45) is 10.2. The highest BCUT2D eigenvalue weighted by molar-refractivity contribution is 6.00. The summed E-state index contributed by atoms with van der Waals surface area (Å²) in [5.41, 5.74) is 6.70. The molecule has 3 N–H and O–H groups in total. The summed E-state index contributed by atoms with van der Waals surface area (Å²) in [6.45, 7) is 0. The lowest BCUT2D eigenvalue weighted by Gasteiger charge is -2.02. The molecule has 6 rings (SSSR count). The third-order valence-corrected chi connectivity index (χ3v) is 5.23. The molecule has 0 atom stereocenters. The Balaban J connectivity index is 1.51. The topological polar surface area (TPSA) is 116 Å². The highest BCUT2D eigenvalue weighted by Gasteiger charge is 2.15. The Morgan fingerprint density at radius 3 is 2.61 bits per heavy atom. The van der Waals surface area contributed by atoms with Gasteiger partial charge in [0.05, 0.1) is 29.3 Å². The largest absolute Gasteiger partial charge is 0.506 e. The summed E-state index contributed by atoms with van der Waals surface area (Å²) < 4.78 is 0. The van der Waals surface area contributed by atoms with Crippen LogP contribution in [0.15, 0.2) is 73.6 Å².